The zero-order valence-electron chi connectivity index (χ0n) is 13.9. The minimum atomic E-state index is -0.242. The van der Waals surface area contributed by atoms with Crippen LogP contribution < -0.4 is 5.32 Å². The molecule has 2 rings (SSSR count). The first kappa shape index (κ1) is 16.5. The van der Waals surface area contributed by atoms with Gasteiger partial charge in [-0.3, -0.25) is 9.59 Å². The molecule has 0 bridgehead atoms. The lowest BCUT2D eigenvalue weighted by Crippen LogP contribution is -2.31. The molecule has 2 amide bonds. The van der Waals surface area contributed by atoms with Crippen LogP contribution in [0, 0.1) is 11.8 Å². The molecule has 22 heavy (non-hydrogen) atoms. The average Bonchev–Trinajstić information content (AvgIpc) is 2.80. The molecule has 1 heterocycles. The summed E-state index contributed by atoms with van der Waals surface area (Å²) in [6, 6.07) is 7.91. The van der Waals surface area contributed by atoms with Gasteiger partial charge in [0.15, 0.2) is 0 Å². The van der Waals surface area contributed by atoms with E-state index in [0.29, 0.717) is 24.8 Å². The summed E-state index contributed by atoms with van der Waals surface area (Å²) in [7, 11) is 0. The van der Waals surface area contributed by atoms with E-state index in [-0.39, 0.29) is 17.7 Å². The van der Waals surface area contributed by atoms with E-state index in [1.54, 1.807) is 4.90 Å². The Morgan fingerprint density at radius 2 is 2.05 bits per heavy atom. The maximum absolute atomic E-state index is 12.4. The van der Waals surface area contributed by atoms with E-state index in [1.807, 2.05) is 18.2 Å². The van der Waals surface area contributed by atoms with E-state index in [1.165, 1.54) is 5.56 Å². The van der Waals surface area contributed by atoms with Crippen LogP contribution in [0.3, 0.4) is 0 Å². The third kappa shape index (κ3) is 4.09. The number of anilines is 1. The Hall–Kier alpha value is -1.84. The summed E-state index contributed by atoms with van der Waals surface area (Å²) in [6.45, 7) is 9.68. The maximum atomic E-state index is 12.4. The number of benzene rings is 1. The van der Waals surface area contributed by atoms with Crippen LogP contribution in [-0.4, -0.2) is 29.8 Å². The number of nitrogens with zero attached hydrogens (tertiary/aromatic N) is 1. The Morgan fingerprint density at radius 3 is 2.68 bits per heavy atom. The van der Waals surface area contributed by atoms with Crippen LogP contribution in [0.4, 0.5) is 5.69 Å². The molecule has 1 aliphatic rings. The van der Waals surface area contributed by atoms with E-state index in [2.05, 4.69) is 39.1 Å². The van der Waals surface area contributed by atoms with Gasteiger partial charge in [-0.2, -0.15) is 0 Å². The molecule has 4 heteroatoms. The maximum Gasteiger partial charge on any atom is 0.229 e. The molecule has 0 radical (unpaired) electrons. The van der Waals surface area contributed by atoms with Crippen molar-refractivity contribution in [3.8, 4) is 0 Å². The molecular formula is C18H26N2O2. The van der Waals surface area contributed by atoms with Crippen LogP contribution in [0.1, 0.15) is 45.6 Å². The van der Waals surface area contributed by atoms with Crippen LogP contribution in [0.25, 0.3) is 0 Å². The van der Waals surface area contributed by atoms with Crippen molar-refractivity contribution in [3.63, 3.8) is 0 Å². The second-order valence-electron chi connectivity index (χ2n) is 6.86. The molecule has 1 saturated heterocycles. The fraction of sp³-hybridized carbons (Fsp3) is 0.556. The number of hydrogen-bond donors (Lipinski definition) is 1. The second kappa shape index (κ2) is 6.95. The summed E-state index contributed by atoms with van der Waals surface area (Å²) in [5, 5.41) is 2.96. The minimum absolute atomic E-state index is 0.0551. The van der Waals surface area contributed by atoms with Crippen LogP contribution in [0.2, 0.25) is 0 Å². The van der Waals surface area contributed by atoms with Gasteiger partial charge in [0.2, 0.25) is 11.8 Å². The third-order valence-corrected chi connectivity index (χ3v) is 3.99. The lowest BCUT2D eigenvalue weighted by atomic mass is 10.0. The van der Waals surface area contributed by atoms with Crippen LogP contribution in [0.5, 0.6) is 0 Å². The van der Waals surface area contributed by atoms with Crippen molar-refractivity contribution < 1.29 is 9.59 Å². The average molecular weight is 302 g/mol. The fourth-order valence-corrected chi connectivity index (χ4v) is 2.78. The van der Waals surface area contributed by atoms with E-state index >= 15 is 0 Å². The van der Waals surface area contributed by atoms with Gasteiger partial charge in [-0.05, 0) is 29.5 Å². The quantitative estimate of drug-likeness (QED) is 0.907. The van der Waals surface area contributed by atoms with Crippen LogP contribution in [-0.2, 0) is 9.59 Å². The topological polar surface area (TPSA) is 49.4 Å². The number of likely N-dealkylation sites (tertiary alicyclic amines) is 1. The number of carbonyl (C=O) groups is 2. The monoisotopic (exact) mass is 302 g/mol. The lowest BCUT2D eigenvalue weighted by Gasteiger charge is -2.18. The zero-order chi connectivity index (χ0) is 16.3. The number of carbonyl (C=O) groups excluding carboxylic acids is 2. The number of nitrogens with one attached hydrogen (secondary N) is 1. The van der Waals surface area contributed by atoms with Crippen LogP contribution >= 0.6 is 0 Å². The fourth-order valence-electron chi connectivity index (χ4n) is 2.78. The van der Waals surface area contributed by atoms with Crippen molar-refractivity contribution in [1.29, 1.82) is 0 Å². The van der Waals surface area contributed by atoms with Gasteiger partial charge in [-0.25, -0.2) is 0 Å². The highest BCUT2D eigenvalue weighted by atomic mass is 16.2. The first-order valence-electron chi connectivity index (χ1n) is 8.05. The molecular weight excluding hydrogens is 276 g/mol. The van der Waals surface area contributed by atoms with Gasteiger partial charge in [0.1, 0.15) is 0 Å². The first-order valence-corrected chi connectivity index (χ1v) is 8.05. The molecule has 0 aromatic heterocycles. The molecule has 1 aromatic carbocycles. The highest BCUT2D eigenvalue weighted by Gasteiger charge is 2.34. The minimum Gasteiger partial charge on any atom is -0.342 e. The molecule has 1 unspecified atom stereocenters. The number of amides is 2. The molecule has 0 saturated carbocycles. The van der Waals surface area contributed by atoms with Crippen molar-refractivity contribution in [2.45, 2.75) is 40.0 Å². The molecule has 120 valence electrons. The molecule has 1 aliphatic heterocycles. The number of hydrogen-bond acceptors (Lipinski definition) is 2. The van der Waals surface area contributed by atoms with Gasteiger partial charge in [-0.1, -0.05) is 39.8 Å². The molecule has 0 spiro atoms. The Kier molecular flexibility index (Phi) is 5.22. The summed E-state index contributed by atoms with van der Waals surface area (Å²) >= 11 is 0. The normalized spacial score (nSPS) is 18.4. The van der Waals surface area contributed by atoms with Gasteiger partial charge in [0.05, 0.1) is 5.92 Å². The van der Waals surface area contributed by atoms with Gasteiger partial charge in [0, 0.05) is 25.2 Å². The second-order valence-corrected chi connectivity index (χ2v) is 6.86. The van der Waals surface area contributed by atoms with E-state index in [9.17, 15) is 9.59 Å². The Bertz CT molecular complexity index is 552. The molecule has 1 N–H and O–H groups in total. The zero-order valence-corrected chi connectivity index (χ0v) is 13.9. The Balaban J connectivity index is 1.98. The van der Waals surface area contributed by atoms with E-state index < -0.39 is 0 Å². The summed E-state index contributed by atoms with van der Waals surface area (Å²) in [6.07, 6.45) is 0.322. The van der Waals surface area contributed by atoms with Gasteiger partial charge >= 0.3 is 0 Å². The molecule has 4 nitrogen and oxygen atoms in total. The summed E-state index contributed by atoms with van der Waals surface area (Å²) in [5.41, 5.74) is 2.01. The molecule has 0 aliphatic carbocycles. The Labute approximate surface area is 132 Å². The van der Waals surface area contributed by atoms with Gasteiger partial charge in [0.25, 0.3) is 0 Å². The van der Waals surface area contributed by atoms with Crippen LogP contribution in [0.15, 0.2) is 24.3 Å². The van der Waals surface area contributed by atoms with Crippen molar-refractivity contribution in [1.82, 2.24) is 4.90 Å². The van der Waals surface area contributed by atoms with E-state index in [4.69, 9.17) is 0 Å². The van der Waals surface area contributed by atoms with Gasteiger partial charge in [-0.15, -0.1) is 0 Å². The van der Waals surface area contributed by atoms with E-state index in [0.717, 1.165) is 12.2 Å². The lowest BCUT2D eigenvalue weighted by molar-refractivity contribution is -0.128. The Morgan fingerprint density at radius 1 is 1.32 bits per heavy atom. The highest BCUT2D eigenvalue weighted by Crippen LogP contribution is 2.22. The molecule has 1 fully saturated rings. The SMILES string of the molecule is CC(C)CN1CC(C(=O)Nc2cccc(C(C)C)c2)CC1=O. The predicted molar refractivity (Wildman–Crippen MR) is 88.7 cm³/mol. The molecule has 1 aromatic rings. The molecule has 1 atom stereocenters. The number of rotatable bonds is 5. The van der Waals surface area contributed by atoms with Crippen molar-refractivity contribution in [3.05, 3.63) is 29.8 Å². The summed E-state index contributed by atoms with van der Waals surface area (Å²) in [4.78, 5) is 26.2. The first-order chi connectivity index (χ1) is 10.4. The standard InChI is InChI=1S/C18H26N2O2/c1-12(2)10-20-11-15(9-17(20)21)18(22)19-16-7-5-6-14(8-16)13(3)4/h5-8,12-13,15H,9-11H2,1-4H3,(H,19,22). The largest absolute Gasteiger partial charge is 0.342 e. The highest BCUT2D eigenvalue weighted by molar-refractivity contribution is 5.97. The summed E-state index contributed by atoms with van der Waals surface area (Å²) in [5.74, 6) is 0.638. The summed E-state index contributed by atoms with van der Waals surface area (Å²) < 4.78 is 0. The van der Waals surface area contributed by atoms with Crippen molar-refractivity contribution in [2.24, 2.45) is 11.8 Å². The smallest absolute Gasteiger partial charge is 0.229 e. The van der Waals surface area contributed by atoms with Gasteiger partial charge < -0.3 is 10.2 Å². The third-order valence-electron chi connectivity index (χ3n) is 3.99. The van der Waals surface area contributed by atoms with Crippen molar-refractivity contribution in [2.75, 3.05) is 18.4 Å². The predicted octanol–water partition coefficient (Wildman–Crippen LogP) is 3.25. The van der Waals surface area contributed by atoms with Crippen molar-refractivity contribution >= 4 is 17.5 Å².